The van der Waals surface area contributed by atoms with Crippen LogP contribution >= 0.6 is 0 Å². The van der Waals surface area contributed by atoms with Crippen LogP contribution in [0.2, 0.25) is 0 Å². The van der Waals surface area contributed by atoms with Crippen LogP contribution in [0.15, 0.2) is 24.3 Å². The Kier molecular flexibility index (Phi) is 3.05. The topological polar surface area (TPSA) is 23.6 Å². The monoisotopic (exact) mass is 262 g/mol. The normalized spacial score (nSPS) is 22.3. The largest absolute Gasteiger partial charge is 0.339 e. The van der Waals surface area contributed by atoms with E-state index in [9.17, 15) is 9.18 Å². The molecule has 0 N–H and O–H groups in total. The predicted octanol–water partition coefficient (Wildman–Crippen LogP) is 1.63. The second kappa shape index (κ2) is 4.60. The molecule has 0 spiro atoms. The Morgan fingerprint density at radius 1 is 1.21 bits per heavy atom. The van der Waals surface area contributed by atoms with Crippen LogP contribution in [0.1, 0.15) is 18.4 Å². The zero-order valence-electron chi connectivity index (χ0n) is 11.2. The van der Waals surface area contributed by atoms with Crippen molar-refractivity contribution in [3.05, 3.63) is 35.6 Å². The molecule has 1 aromatic carbocycles. The molecule has 3 nitrogen and oxygen atoms in total. The fraction of sp³-hybridized carbons (Fsp3) is 0.533. The summed E-state index contributed by atoms with van der Waals surface area (Å²) in [7, 11) is 2.07. The summed E-state index contributed by atoms with van der Waals surface area (Å²) in [4.78, 5) is 16.9. The molecule has 0 bridgehead atoms. The second-order valence-electron chi connectivity index (χ2n) is 5.69. The lowest BCUT2D eigenvalue weighted by Crippen LogP contribution is -2.50. The van der Waals surface area contributed by atoms with Gasteiger partial charge in [0.1, 0.15) is 5.82 Å². The molecule has 0 aromatic heterocycles. The van der Waals surface area contributed by atoms with E-state index in [0.717, 1.165) is 44.6 Å². The molecule has 3 rings (SSSR count). The lowest BCUT2D eigenvalue weighted by Gasteiger charge is -2.35. The maximum Gasteiger partial charge on any atom is 0.233 e. The molecule has 19 heavy (non-hydrogen) atoms. The quantitative estimate of drug-likeness (QED) is 0.809. The van der Waals surface area contributed by atoms with Gasteiger partial charge in [0, 0.05) is 26.2 Å². The zero-order valence-corrected chi connectivity index (χ0v) is 11.2. The third kappa shape index (κ3) is 2.25. The van der Waals surface area contributed by atoms with Crippen molar-refractivity contribution in [3.8, 4) is 0 Å². The molecule has 2 aliphatic rings. The Hall–Kier alpha value is -1.42. The van der Waals surface area contributed by atoms with Crippen LogP contribution in [0.25, 0.3) is 0 Å². The summed E-state index contributed by atoms with van der Waals surface area (Å²) in [6.07, 6.45) is 1.70. The van der Waals surface area contributed by atoms with E-state index in [-0.39, 0.29) is 11.7 Å². The number of nitrogens with zero attached hydrogens (tertiary/aromatic N) is 2. The van der Waals surface area contributed by atoms with Gasteiger partial charge in [-0.1, -0.05) is 12.1 Å². The van der Waals surface area contributed by atoms with Gasteiger partial charge in [0.25, 0.3) is 0 Å². The smallest absolute Gasteiger partial charge is 0.233 e. The van der Waals surface area contributed by atoms with Crippen molar-refractivity contribution in [3.63, 3.8) is 0 Å². The number of rotatable bonds is 2. The molecule has 2 fully saturated rings. The molecule has 1 saturated carbocycles. The van der Waals surface area contributed by atoms with Gasteiger partial charge in [-0.05, 0) is 37.6 Å². The molecule has 1 heterocycles. The summed E-state index contributed by atoms with van der Waals surface area (Å²) in [6.45, 7) is 3.41. The van der Waals surface area contributed by atoms with Crippen molar-refractivity contribution in [2.45, 2.75) is 18.3 Å². The highest BCUT2D eigenvalue weighted by Crippen LogP contribution is 2.49. The van der Waals surface area contributed by atoms with Gasteiger partial charge in [0.2, 0.25) is 5.91 Å². The van der Waals surface area contributed by atoms with Crippen molar-refractivity contribution >= 4 is 5.91 Å². The molecular formula is C15H19FN2O. The first-order valence-corrected chi connectivity index (χ1v) is 6.86. The standard InChI is InChI=1S/C15H19FN2O/c1-17-7-9-18(10-8-17)14(19)15(5-6-15)12-3-2-4-13(16)11-12/h2-4,11H,5-10H2,1H3. The molecular weight excluding hydrogens is 243 g/mol. The van der Waals surface area contributed by atoms with Crippen LogP contribution in [0, 0.1) is 5.82 Å². The van der Waals surface area contributed by atoms with Crippen LogP contribution in [0.5, 0.6) is 0 Å². The van der Waals surface area contributed by atoms with Gasteiger partial charge < -0.3 is 9.80 Å². The van der Waals surface area contributed by atoms with E-state index in [2.05, 4.69) is 11.9 Å². The van der Waals surface area contributed by atoms with Crippen LogP contribution in [-0.2, 0) is 10.2 Å². The van der Waals surface area contributed by atoms with Crippen molar-refractivity contribution in [2.75, 3.05) is 33.2 Å². The van der Waals surface area contributed by atoms with Gasteiger partial charge in [0.05, 0.1) is 5.41 Å². The van der Waals surface area contributed by atoms with Crippen molar-refractivity contribution in [1.82, 2.24) is 9.80 Å². The van der Waals surface area contributed by atoms with E-state index in [1.807, 2.05) is 11.0 Å². The molecule has 0 unspecified atom stereocenters. The first kappa shape index (κ1) is 12.6. The average Bonchev–Trinajstić information content (AvgIpc) is 3.20. The van der Waals surface area contributed by atoms with E-state index in [0.29, 0.717) is 0 Å². The van der Waals surface area contributed by atoms with Crippen LogP contribution in [0.3, 0.4) is 0 Å². The maximum atomic E-state index is 13.4. The first-order chi connectivity index (χ1) is 9.12. The SMILES string of the molecule is CN1CCN(C(=O)C2(c3cccc(F)c3)CC2)CC1. The van der Waals surface area contributed by atoms with Gasteiger partial charge in [-0.15, -0.1) is 0 Å². The van der Waals surface area contributed by atoms with E-state index in [1.54, 1.807) is 6.07 Å². The van der Waals surface area contributed by atoms with Crippen molar-refractivity contribution in [1.29, 1.82) is 0 Å². The third-order valence-electron chi connectivity index (χ3n) is 4.33. The molecule has 102 valence electrons. The molecule has 1 aromatic rings. The average molecular weight is 262 g/mol. The minimum absolute atomic E-state index is 0.186. The van der Waals surface area contributed by atoms with Crippen molar-refractivity contribution in [2.24, 2.45) is 0 Å². The van der Waals surface area contributed by atoms with E-state index >= 15 is 0 Å². The molecule has 1 saturated heterocycles. The molecule has 1 aliphatic carbocycles. The number of halogens is 1. The maximum absolute atomic E-state index is 13.4. The Balaban J connectivity index is 1.79. The fourth-order valence-electron chi connectivity index (χ4n) is 2.85. The highest BCUT2D eigenvalue weighted by Gasteiger charge is 2.53. The van der Waals surface area contributed by atoms with Crippen molar-refractivity contribution < 1.29 is 9.18 Å². The Morgan fingerprint density at radius 2 is 1.89 bits per heavy atom. The third-order valence-corrected chi connectivity index (χ3v) is 4.33. The molecule has 4 heteroatoms. The summed E-state index contributed by atoms with van der Waals surface area (Å²) in [5.74, 6) is -0.0684. The van der Waals surface area contributed by atoms with Gasteiger partial charge in [0.15, 0.2) is 0 Å². The van der Waals surface area contributed by atoms with E-state index in [4.69, 9.17) is 0 Å². The minimum atomic E-state index is -0.433. The lowest BCUT2D eigenvalue weighted by atomic mass is 9.94. The lowest BCUT2D eigenvalue weighted by molar-refractivity contribution is -0.135. The fourth-order valence-corrected chi connectivity index (χ4v) is 2.85. The van der Waals surface area contributed by atoms with Crippen LogP contribution in [0.4, 0.5) is 4.39 Å². The Labute approximate surface area is 113 Å². The molecule has 1 aliphatic heterocycles. The number of hydrogen-bond donors (Lipinski definition) is 0. The first-order valence-electron chi connectivity index (χ1n) is 6.86. The molecule has 0 radical (unpaired) electrons. The number of carbonyl (C=O) groups is 1. The summed E-state index contributed by atoms with van der Waals surface area (Å²) >= 11 is 0. The second-order valence-corrected chi connectivity index (χ2v) is 5.69. The zero-order chi connectivity index (χ0) is 13.5. The number of likely N-dealkylation sites (N-methyl/N-ethyl adjacent to an activating group) is 1. The number of amides is 1. The van der Waals surface area contributed by atoms with Gasteiger partial charge >= 0.3 is 0 Å². The summed E-state index contributed by atoms with van der Waals surface area (Å²) in [5, 5.41) is 0. The number of piperazine rings is 1. The summed E-state index contributed by atoms with van der Waals surface area (Å²) in [6, 6.07) is 6.52. The number of hydrogen-bond acceptors (Lipinski definition) is 2. The van der Waals surface area contributed by atoms with Gasteiger partial charge in [-0.2, -0.15) is 0 Å². The number of benzene rings is 1. The van der Waals surface area contributed by atoms with Crippen LogP contribution < -0.4 is 0 Å². The minimum Gasteiger partial charge on any atom is -0.339 e. The van der Waals surface area contributed by atoms with Gasteiger partial charge in [-0.3, -0.25) is 4.79 Å². The highest BCUT2D eigenvalue weighted by atomic mass is 19.1. The molecule has 0 atom stereocenters. The number of carbonyl (C=O) groups excluding carboxylic acids is 1. The highest BCUT2D eigenvalue weighted by molar-refractivity contribution is 5.91. The summed E-state index contributed by atoms with van der Waals surface area (Å²) < 4.78 is 13.4. The van der Waals surface area contributed by atoms with Crippen LogP contribution in [-0.4, -0.2) is 48.9 Å². The van der Waals surface area contributed by atoms with E-state index in [1.165, 1.54) is 12.1 Å². The Morgan fingerprint density at radius 3 is 2.47 bits per heavy atom. The van der Waals surface area contributed by atoms with E-state index < -0.39 is 5.41 Å². The Bertz CT molecular complexity index is 491. The predicted molar refractivity (Wildman–Crippen MR) is 71.4 cm³/mol. The summed E-state index contributed by atoms with van der Waals surface area (Å²) in [5.41, 5.74) is 0.411. The van der Waals surface area contributed by atoms with Gasteiger partial charge in [-0.25, -0.2) is 4.39 Å². The molecule has 1 amide bonds.